The highest BCUT2D eigenvalue weighted by Gasteiger charge is 2.03. The lowest BCUT2D eigenvalue weighted by atomic mass is 10.2. The van der Waals surface area contributed by atoms with E-state index < -0.39 is 0 Å². The zero-order chi connectivity index (χ0) is 9.68. The number of nitrogens with zero attached hydrogens (tertiary/aromatic N) is 3. The first kappa shape index (κ1) is 10.1. The van der Waals surface area contributed by atoms with Crippen LogP contribution in [0, 0.1) is 0 Å². The molecule has 0 saturated heterocycles. The predicted octanol–water partition coefficient (Wildman–Crippen LogP) is -0.324. The Kier molecular flexibility index (Phi) is 3.85. The van der Waals surface area contributed by atoms with E-state index in [2.05, 4.69) is 15.5 Å². The Bertz CT molecular complexity index is 248. The predicted molar refractivity (Wildman–Crippen MR) is 49.0 cm³/mol. The van der Waals surface area contributed by atoms with Crippen molar-refractivity contribution < 1.29 is 5.11 Å². The molecular formula is C8H16N4O. The summed E-state index contributed by atoms with van der Waals surface area (Å²) in [6.07, 6.45) is 2.44. The maximum Gasteiger partial charge on any atom is 0.146 e. The molecule has 1 aromatic rings. The number of hydrogen-bond donors (Lipinski definition) is 2. The molecule has 5 heteroatoms. The van der Waals surface area contributed by atoms with E-state index in [9.17, 15) is 0 Å². The van der Waals surface area contributed by atoms with Crippen molar-refractivity contribution in [3.05, 3.63) is 12.2 Å². The molecule has 0 aliphatic heterocycles. The molecule has 0 amide bonds. The average Bonchev–Trinajstić information content (AvgIpc) is 2.48. The van der Waals surface area contributed by atoms with Crippen LogP contribution in [0.15, 0.2) is 6.33 Å². The average molecular weight is 184 g/mol. The molecule has 1 atom stereocenters. The van der Waals surface area contributed by atoms with Crippen LogP contribution < -0.4 is 5.32 Å². The fraction of sp³-hybridized carbons (Fsp3) is 0.750. The Morgan fingerprint density at radius 3 is 3.00 bits per heavy atom. The standard InChI is InChI=1S/C8H16N4O/c1-7(3-4-13)9-5-8-11-10-6-12(8)2/h6-7,9,13H,3-5H2,1-2H3. The summed E-state index contributed by atoms with van der Waals surface area (Å²) < 4.78 is 1.87. The molecule has 0 aliphatic rings. The number of aliphatic hydroxyl groups excluding tert-OH is 1. The van der Waals surface area contributed by atoms with Gasteiger partial charge in [0.2, 0.25) is 0 Å². The van der Waals surface area contributed by atoms with Crippen LogP contribution in [0.1, 0.15) is 19.2 Å². The summed E-state index contributed by atoms with van der Waals surface area (Å²) in [5.41, 5.74) is 0. The number of aryl methyl sites for hydroxylation is 1. The van der Waals surface area contributed by atoms with E-state index >= 15 is 0 Å². The van der Waals surface area contributed by atoms with Crippen molar-refractivity contribution in [1.29, 1.82) is 0 Å². The zero-order valence-electron chi connectivity index (χ0n) is 8.06. The third-order valence-electron chi connectivity index (χ3n) is 1.98. The Morgan fingerprint density at radius 2 is 2.46 bits per heavy atom. The first-order chi connectivity index (χ1) is 6.24. The highest BCUT2D eigenvalue weighted by Crippen LogP contribution is 1.94. The molecular weight excluding hydrogens is 168 g/mol. The molecule has 1 unspecified atom stereocenters. The minimum absolute atomic E-state index is 0.215. The Labute approximate surface area is 77.8 Å². The van der Waals surface area contributed by atoms with Crippen LogP contribution in [-0.2, 0) is 13.6 Å². The van der Waals surface area contributed by atoms with E-state index in [1.54, 1.807) is 6.33 Å². The first-order valence-corrected chi connectivity index (χ1v) is 4.41. The van der Waals surface area contributed by atoms with Gasteiger partial charge in [-0.25, -0.2) is 0 Å². The summed E-state index contributed by atoms with van der Waals surface area (Å²) in [5, 5.41) is 19.6. The van der Waals surface area contributed by atoms with Gasteiger partial charge in [0.05, 0.1) is 6.54 Å². The normalized spacial score (nSPS) is 13.2. The van der Waals surface area contributed by atoms with Crippen molar-refractivity contribution in [3.8, 4) is 0 Å². The molecule has 13 heavy (non-hydrogen) atoms. The lowest BCUT2D eigenvalue weighted by molar-refractivity contribution is 0.268. The molecule has 0 fully saturated rings. The summed E-state index contributed by atoms with van der Waals surface area (Å²) in [7, 11) is 1.91. The second kappa shape index (κ2) is 4.94. The largest absolute Gasteiger partial charge is 0.396 e. The Morgan fingerprint density at radius 1 is 1.69 bits per heavy atom. The number of hydrogen-bond acceptors (Lipinski definition) is 4. The SMILES string of the molecule is CC(CCO)NCc1nncn1C. The molecule has 0 bridgehead atoms. The van der Waals surface area contributed by atoms with Crippen LogP contribution in [0.2, 0.25) is 0 Å². The number of aliphatic hydroxyl groups is 1. The number of aromatic nitrogens is 3. The molecule has 0 saturated carbocycles. The van der Waals surface area contributed by atoms with Gasteiger partial charge in [-0.2, -0.15) is 0 Å². The van der Waals surface area contributed by atoms with Crippen molar-refractivity contribution in [2.75, 3.05) is 6.61 Å². The fourth-order valence-electron chi connectivity index (χ4n) is 1.03. The van der Waals surface area contributed by atoms with Crippen LogP contribution >= 0.6 is 0 Å². The van der Waals surface area contributed by atoms with E-state index in [0.717, 1.165) is 12.2 Å². The van der Waals surface area contributed by atoms with E-state index in [4.69, 9.17) is 5.11 Å². The third kappa shape index (κ3) is 3.12. The number of rotatable bonds is 5. The lowest BCUT2D eigenvalue weighted by Crippen LogP contribution is -2.27. The molecule has 0 spiro atoms. The van der Waals surface area contributed by atoms with Crippen LogP contribution in [-0.4, -0.2) is 32.5 Å². The number of nitrogens with one attached hydrogen (secondary N) is 1. The second-order valence-corrected chi connectivity index (χ2v) is 3.15. The van der Waals surface area contributed by atoms with Gasteiger partial charge < -0.3 is 15.0 Å². The zero-order valence-corrected chi connectivity index (χ0v) is 8.06. The molecule has 0 aromatic carbocycles. The van der Waals surface area contributed by atoms with Crippen LogP contribution in [0.25, 0.3) is 0 Å². The van der Waals surface area contributed by atoms with Crippen LogP contribution in [0.5, 0.6) is 0 Å². The fourth-order valence-corrected chi connectivity index (χ4v) is 1.03. The van der Waals surface area contributed by atoms with Crippen molar-refractivity contribution in [3.63, 3.8) is 0 Å². The quantitative estimate of drug-likeness (QED) is 0.658. The minimum atomic E-state index is 0.215. The highest BCUT2D eigenvalue weighted by molar-refractivity contribution is 4.83. The maximum absolute atomic E-state index is 8.68. The molecule has 0 radical (unpaired) electrons. The van der Waals surface area contributed by atoms with E-state index in [1.165, 1.54) is 0 Å². The molecule has 5 nitrogen and oxygen atoms in total. The second-order valence-electron chi connectivity index (χ2n) is 3.15. The van der Waals surface area contributed by atoms with Gasteiger partial charge in [0.15, 0.2) is 0 Å². The molecule has 0 aliphatic carbocycles. The smallest absolute Gasteiger partial charge is 0.146 e. The van der Waals surface area contributed by atoms with Gasteiger partial charge in [0.25, 0.3) is 0 Å². The molecule has 1 aromatic heterocycles. The van der Waals surface area contributed by atoms with Crippen LogP contribution in [0.3, 0.4) is 0 Å². The summed E-state index contributed by atoms with van der Waals surface area (Å²) in [6.45, 7) is 2.94. The minimum Gasteiger partial charge on any atom is -0.396 e. The van der Waals surface area contributed by atoms with Crippen LogP contribution in [0.4, 0.5) is 0 Å². The summed E-state index contributed by atoms with van der Waals surface area (Å²) >= 11 is 0. The van der Waals surface area contributed by atoms with E-state index in [0.29, 0.717) is 12.6 Å². The highest BCUT2D eigenvalue weighted by atomic mass is 16.3. The molecule has 2 N–H and O–H groups in total. The van der Waals surface area contributed by atoms with E-state index in [1.807, 2.05) is 18.5 Å². The lowest BCUT2D eigenvalue weighted by Gasteiger charge is -2.11. The van der Waals surface area contributed by atoms with Gasteiger partial charge in [-0.3, -0.25) is 0 Å². The summed E-state index contributed by atoms with van der Waals surface area (Å²) in [6, 6.07) is 0.307. The molecule has 1 heterocycles. The molecule has 74 valence electrons. The van der Waals surface area contributed by atoms with Crippen molar-refractivity contribution >= 4 is 0 Å². The topological polar surface area (TPSA) is 63.0 Å². The maximum atomic E-state index is 8.68. The van der Waals surface area contributed by atoms with Gasteiger partial charge >= 0.3 is 0 Å². The summed E-state index contributed by atoms with van der Waals surface area (Å²) in [4.78, 5) is 0. The molecule has 1 rings (SSSR count). The van der Waals surface area contributed by atoms with Gasteiger partial charge in [0.1, 0.15) is 12.2 Å². The monoisotopic (exact) mass is 184 g/mol. The Balaban J connectivity index is 2.30. The van der Waals surface area contributed by atoms with E-state index in [-0.39, 0.29) is 6.61 Å². The first-order valence-electron chi connectivity index (χ1n) is 4.41. The summed E-state index contributed by atoms with van der Waals surface area (Å²) in [5.74, 6) is 0.907. The van der Waals surface area contributed by atoms with Crippen molar-refractivity contribution in [2.24, 2.45) is 7.05 Å². The van der Waals surface area contributed by atoms with Gasteiger partial charge in [-0.05, 0) is 13.3 Å². The van der Waals surface area contributed by atoms with Gasteiger partial charge in [0, 0.05) is 19.7 Å². The van der Waals surface area contributed by atoms with Gasteiger partial charge in [-0.1, -0.05) is 0 Å². The van der Waals surface area contributed by atoms with Gasteiger partial charge in [-0.15, -0.1) is 10.2 Å². The van der Waals surface area contributed by atoms with Crippen molar-refractivity contribution in [1.82, 2.24) is 20.1 Å². The Hall–Kier alpha value is -0.940. The van der Waals surface area contributed by atoms with Crippen molar-refractivity contribution in [2.45, 2.75) is 25.9 Å². The third-order valence-corrected chi connectivity index (χ3v) is 1.98.